The van der Waals surface area contributed by atoms with Crippen LogP contribution in [0.3, 0.4) is 0 Å². The lowest BCUT2D eigenvalue weighted by atomic mass is 9.97. The summed E-state index contributed by atoms with van der Waals surface area (Å²) in [6.07, 6.45) is 2.71. The molecule has 18 heavy (non-hydrogen) atoms. The molecule has 0 aliphatic heterocycles. The predicted octanol–water partition coefficient (Wildman–Crippen LogP) is 1.01. The van der Waals surface area contributed by atoms with Crippen molar-refractivity contribution in [2.75, 3.05) is 12.3 Å². The summed E-state index contributed by atoms with van der Waals surface area (Å²) in [5, 5.41) is 2.82. The van der Waals surface area contributed by atoms with Gasteiger partial charge in [-0.2, -0.15) is 0 Å². The van der Waals surface area contributed by atoms with Crippen molar-refractivity contribution in [3.8, 4) is 0 Å². The molecule has 7 nitrogen and oxygen atoms in total. The maximum Gasteiger partial charge on any atom is 0.328 e. The fraction of sp³-hybridized carbons (Fsp3) is 0.455. The number of hydrogen-bond acceptors (Lipinski definition) is 5. The van der Waals surface area contributed by atoms with Crippen molar-refractivity contribution in [3.05, 3.63) is 12.7 Å². The number of nitrogens with two attached hydrogens (primary N) is 1. The van der Waals surface area contributed by atoms with Crippen LogP contribution < -0.4 is 11.1 Å². The average Bonchev–Trinajstić information content (AvgIpc) is 2.70. The van der Waals surface area contributed by atoms with Crippen LogP contribution in [0, 0.1) is 5.41 Å². The van der Waals surface area contributed by atoms with Crippen molar-refractivity contribution in [1.29, 1.82) is 0 Å². The highest BCUT2D eigenvalue weighted by atomic mass is 16.2. The summed E-state index contributed by atoms with van der Waals surface area (Å²) < 4.78 is 1.33. The number of rotatable bonds is 1. The van der Waals surface area contributed by atoms with E-state index in [1.165, 1.54) is 17.2 Å². The first-order valence-corrected chi connectivity index (χ1v) is 5.60. The number of imidazole rings is 1. The third-order valence-corrected chi connectivity index (χ3v) is 2.35. The minimum atomic E-state index is -0.273. The molecule has 0 aliphatic carbocycles. The molecule has 0 spiro atoms. The number of nitrogens with zero attached hydrogens (tertiary/aromatic N) is 4. The molecular formula is C11H16N6O. The van der Waals surface area contributed by atoms with Gasteiger partial charge < -0.3 is 11.1 Å². The highest BCUT2D eigenvalue weighted by molar-refractivity contribution is 5.90. The Balaban J connectivity index is 2.26. The summed E-state index contributed by atoms with van der Waals surface area (Å²) in [4.78, 5) is 23.9. The third-order valence-electron chi connectivity index (χ3n) is 2.35. The summed E-state index contributed by atoms with van der Waals surface area (Å²) >= 11 is 0. The zero-order valence-electron chi connectivity index (χ0n) is 10.6. The smallest absolute Gasteiger partial charge is 0.328 e. The molecule has 0 aromatic carbocycles. The standard InChI is InChI=1S/C11H16N6O/c1-11(2,3)4-13-10(18)17-6-16-7-8(12)14-5-15-9(7)17/h5-6H,4H2,1-3H3,(H,13,18)(H2,12,14,15). The first kappa shape index (κ1) is 12.3. The summed E-state index contributed by atoms with van der Waals surface area (Å²) in [6, 6.07) is -0.273. The molecular weight excluding hydrogens is 232 g/mol. The number of fused-ring (bicyclic) bond motifs is 1. The second-order valence-electron chi connectivity index (χ2n) is 5.27. The number of carbonyl (C=O) groups excluding carboxylic acids is 1. The number of amides is 1. The van der Waals surface area contributed by atoms with Crippen molar-refractivity contribution >= 4 is 23.0 Å². The lowest BCUT2D eigenvalue weighted by Crippen LogP contribution is -2.35. The van der Waals surface area contributed by atoms with Crippen molar-refractivity contribution < 1.29 is 4.79 Å². The van der Waals surface area contributed by atoms with E-state index in [2.05, 4.69) is 20.3 Å². The zero-order valence-corrected chi connectivity index (χ0v) is 10.6. The van der Waals surface area contributed by atoms with E-state index in [1.54, 1.807) is 0 Å². The molecule has 0 aliphatic rings. The van der Waals surface area contributed by atoms with E-state index >= 15 is 0 Å². The average molecular weight is 248 g/mol. The number of hydrogen-bond donors (Lipinski definition) is 2. The van der Waals surface area contributed by atoms with E-state index in [4.69, 9.17) is 5.73 Å². The van der Waals surface area contributed by atoms with Gasteiger partial charge in [0, 0.05) is 6.54 Å². The van der Waals surface area contributed by atoms with Crippen LogP contribution in [-0.2, 0) is 0 Å². The van der Waals surface area contributed by atoms with E-state index in [0.717, 1.165) is 0 Å². The molecule has 0 bridgehead atoms. The van der Waals surface area contributed by atoms with Gasteiger partial charge in [-0.1, -0.05) is 20.8 Å². The van der Waals surface area contributed by atoms with Crippen LogP contribution in [0.4, 0.5) is 10.6 Å². The maximum absolute atomic E-state index is 12.0. The Labute approximate surface area is 104 Å². The lowest BCUT2D eigenvalue weighted by Gasteiger charge is -2.18. The molecule has 0 atom stereocenters. The van der Waals surface area contributed by atoms with Gasteiger partial charge in [-0.05, 0) is 5.41 Å². The lowest BCUT2D eigenvalue weighted by molar-refractivity contribution is 0.237. The maximum atomic E-state index is 12.0. The van der Waals surface area contributed by atoms with Gasteiger partial charge in [-0.15, -0.1) is 0 Å². The van der Waals surface area contributed by atoms with Crippen molar-refractivity contribution in [3.63, 3.8) is 0 Å². The molecule has 0 radical (unpaired) electrons. The van der Waals surface area contributed by atoms with Gasteiger partial charge in [0.1, 0.15) is 12.7 Å². The summed E-state index contributed by atoms with van der Waals surface area (Å²) in [6.45, 7) is 6.68. The summed E-state index contributed by atoms with van der Waals surface area (Å²) in [5.41, 5.74) is 6.51. The quantitative estimate of drug-likeness (QED) is 0.784. The SMILES string of the molecule is CC(C)(C)CNC(=O)n1cnc2c(N)ncnc21. The zero-order chi connectivity index (χ0) is 13.3. The number of aromatic nitrogens is 4. The van der Waals surface area contributed by atoms with Crippen molar-refractivity contribution in [2.45, 2.75) is 20.8 Å². The van der Waals surface area contributed by atoms with Crippen LogP contribution in [0.1, 0.15) is 20.8 Å². The Morgan fingerprint density at radius 3 is 2.78 bits per heavy atom. The third kappa shape index (κ3) is 2.39. The van der Waals surface area contributed by atoms with Gasteiger partial charge in [0.25, 0.3) is 0 Å². The van der Waals surface area contributed by atoms with Gasteiger partial charge >= 0.3 is 6.03 Å². The minimum Gasteiger partial charge on any atom is -0.382 e. The molecule has 3 N–H and O–H groups in total. The van der Waals surface area contributed by atoms with Crippen LogP contribution in [0.2, 0.25) is 0 Å². The first-order chi connectivity index (χ1) is 8.38. The molecule has 2 aromatic heterocycles. The Bertz CT molecular complexity index is 583. The summed E-state index contributed by atoms with van der Waals surface area (Å²) in [7, 11) is 0. The Hall–Kier alpha value is -2.18. The van der Waals surface area contributed by atoms with E-state index in [1.807, 2.05) is 20.8 Å². The van der Waals surface area contributed by atoms with Gasteiger partial charge in [-0.3, -0.25) is 0 Å². The van der Waals surface area contributed by atoms with E-state index in [0.29, 0.717) is 17.7 Å². The Morgan fingerprint density at radius 2 is 2.11 bits per heavy atom. The molecule has 0 saturated carbocycles. The second kappa shape index (κ2) is 4.25. The van der Waals surface area contributed by atoms with Gasteiger partial charge in [0.15, 0.2) is 17.0 Å². The van der Waals surface area contributed by atoms with Crippen molar-refractivity contribution in [1.82, 2.24) is 24.8 Å². The minimum absolute atomic E-state index is 0.0139. The number of nitrogen functional groups attached to an aromatic ring is 1. The van der Waals surface area contributed by atoms with Crippen LogP contribution in [0.5, 0.6) is 0 Å². The highest BCUT2D eigenvalue weighted by Gasteiger charge is 2.16. The van der Waals surface area contributed by atoms with Gasteiger partial charge in [0.05, 0.1) is 0 Å². The van der Waals surface area contributed by atoms with Gasteiger partial charge in [-0.25, -0.2) is 24.3 Å². The molecule has 96 valence electrons. The number of nitrogens with one attached hydrogen (secondary N) is 1. The van der Waals surface area contributed by atoms with E-state index in [9.17, 15) is 4.79 Å². The highest BCUT2D eigenvalue weighted by Crippen LogP contribution is 2.14. The van der Waals surface area contributed by atoms with Crippen LogP contribution in [0.15, 0.2) is 12.7 Å². The van der Waals surface area contributed by atoms with Crippen LogP contribution in [0.25, 0.3) is 11.2 Å². The largest absolute Gasteiger partial charge is 0.382 e. The van der Waals surface area contributed by atoms with E-state index in [-0.39, 0.29) is 17.3 Å². The number of anilines is 1. The Kier molecular flexibility index (Phi) is 2.90. The van der Waals surface area contributed by atoms with Crippen LogP contribution >= 0.6 is 0 Å². The first-order valence-electron chi connectivity index (χ1n) is 5.60. The molecule has 0 fully saturated rings. The normalized spacial score (nSPS) is 11.7. The molecule has 2 rings (SSSR count). The monoisotopic (exact) mass is 248 g/mol. The molecule has 2 heterocycles. The molecule has 2 aromatic rings. The molecule has 0 unspecified atom stereocenters. The molecule has 1 amide bonds. The fourth-order valence-corrected chi connectivity index (χ4v) is 1.43. The predicted molar refractivity (Wildman–Crippen MR) is 68.0 cm³/mol. The summed E-state index contributed by atoms with van der Waals surface area (Å²) in [5.74, 6) is 0.266. The fourth-order valence-electron chi connectivity index (χ4n) is 1.43. The van der Waals surface area contributed by atoms with E-state index < -0.39 is 0 Å². The molecule has 0 saturated heterocycles. The van der Waals surface area contributed by atoms with Crippen molar-refractivity contribution in [2.24, 2.45) is 5.41 Å². The topological polar surface area (TPSA) is 98.7 Å². The van der Waals surface area contributed by atoms with Crippen LogP contribution in [-0.4, -0.2) is 32.1 Å². The Morgan fingerprint density at radius 1 is 1.39 bits per heavy atom. The molecule has 7 heteroatoms. The second-order valence-corrected chi connectivity index (χ2v) is 5.27. The number of carbonyl (C=O) groups is 1. The van der Waals surface area contributed by atoms with Gasteiger partial charge in [0.2, 0.25) is 0 Å².